The predicted molar refractivity (Wildman–Crippen MR) is 71.0 cm³/mol. The molecule has 0 atom stereocenters. The van der Waals surface area contributed by atoms with Crippen molar-refractivity contribution in [2.75, 3.05) is 0 Å². The van der Waals surface area contributed by atoms with Gasteiger partial charge in [0.2, 0.25) is 0 Å². The first-order valence-corrected chi connectivity index (χ1v) is 6.57. The van der Waals surface area contributed by atoms with Gasteiger partial charge in [-0.2, -0.15) is 5.10 Å². The van der Waals surface area contributed by atoms with Crippen LogP contribution in [0.15, 0.2) is 41.1 Å². The molecule has 2 aromatic rings. The van der Waals surface area contributed by atoms with Gasteiger partial charge in [0, 0.05) is 11.7 Å². The number of hydrogen-bond donors (Lipinski definition) is 1. The van der Waals surface area contributed by atoms with Gasteiger partial charge in [0.15, 0.2) is 0 Å². The predicted octanol–water partition coefficient (Wildman–Crippen LogP) is 2.97. The van der Waals surface area contributed by atoms with Crippen molar-refractivity contribution < 1.29 is 0 Å². The summed E-state index contributed by atoms with van der Waals surface area (Å²) < 4.78 is 2.83. The first-order valence-electron chi connectivity index (χ1n) is 5.77. The Hall–Kier alpha value is -1.13. The van der Waals surface area contributed by atoms with Crippen LogP contribution in [0.1, 0.15) is 24.8 Å². The normalized spacial score (nSPS) is 17.8. The summed E-state index contributed by atoms with van der Waals surface area (Å²) in [4.78, 5) is 0. The van der Waals surface area contributed by atoms with Crippen molar-refractivity contribution in [2.45, 2.75) is 24.8 Å². The molecule has 1 aromatic heterocycles. The smallest absolute Gasteiger partial charge is 0.0646 e. The SMILES string of the molecule is NC1(c2ccc(-n3cc(Br)cn3)cc2)CCC1. The molecule has 0 radical (unpaired) electrons. The molecular weight excluding hydrogens is 278 g/mol. The first-order chi connectivity index (χ1) is 8.17. The van der Waals surface area contributed by atoms with E-state index in [9.17, 15) is 0 Å². The van der Waals surface area contributed by atoms with Gasteiger partial charge in [-0.3, -0.25) is 0 Å². The van der Waals surface area contributed by atoms with E-state index in [1.165, 1.54) is 12.0 Å². The highest BCUT2D eigenvalue weighted by molar-refractivity contribution is 9.10. The molecule has 0 unspecified atom stereocenters. The van der Waals surface area contributed by atoms with Crippen molar-refractivity contribution in [1.29, 1.82) is 0 Å². The minimum atomic E-state index is -0.0801. The average Bonchev–Trinajstić information content (AvgIpc) is 2.73. The van der Waals surface area contributed by atoms with Crippen LogP contribution in [0.5, 0.6) is 0 Å². The number of hydrogen-bond acceptors (Lipinski definition) is 2. The van der Waals surface area contributed by atoms with Crippen molar-refractivity contribution in [1.82, 2.24) is 9.78 Å². The molecule has 88 valence electrons. The summed E-state index contributed by atoms with van der Waals surface area (Å²) in [6, 6.07) is 8.37. The molecule has 0 saturated heterocycles. The van der Waals surface area contributed by atoms with Gasteiger partial charge in [0.1, 0.15) is 0 Å². The van der Waals surface area contributed by atoms with Gasteiger partial charge < -0.3 is 5.73 Å². The zero-order chi connectivity index (χ0) is 11.9. The lowest BCUT2D eigenvalue weighted by atomic mass is 9.73. The van der Waals surface area contributed by atoms with E-state index in [4.69, 9.17) is 5.73 Å². The van der Waals surface area contributed by atoms with E-state index in [0.29, 0.717) is 0 Å². The van der Waals surface area contributed by atoms with E-state index >= 15 is 0 Å². The van der Waals surface area contributed by atoms with Gasteiger partial charge in [-0.25, -0.2) is 4.68 Å². The van der Waals surface area contributed by atoms with Gasteiger partial charge in [-0.15, -0.1) is 0 Å². The molecule has 0 amide bonds. The van der Waals surface area contributed by atoms with Crippen molar-refractivity contribution in [3.8, 4) is 5.69 Å². The summed E-state index contributed by atoms with van der Waals surface area (Å²) >= 11 is 3.39. The molecule has 2 N–H and O–H groups in total. The van der Waals surface area contributed by atoms with Crippen molar-refractivity contribution in [3.05, 3.63) is 46.7 Å². The topological polar surface area (TPSA) is 43.8 Å². The number of nitrogens with two attached hydrogens (primary N) is 1. The van der Waals surface area contributed by atoms with Crippen LogP contribution < -0.4 is 5.73 Å². The van der Waals surface area contributed by atoms with Gasteiger partial charge in [0.25, 0.3) is 0 Å². The van der Waals surface area contributed by atoms with E-state index in [1.54, 1.807) is 6.20 Å². The number of nitrogens with zero attached hydrogens (tertiary/aromatic N) is 2. The average molecular weight is 292 g/mol. The third kappa shape index (κ3) is 1.91. The molecule has 1 saturated carbocycles. The van der Waals surface area contributed by atoms with E-state index in [2.05, 4.69) is 45.3 Å². The highest BCUT2D eigenvalue weighted by Gasteiger charge is 2.33. The fourth-order valence-corrected chi connectivity index (χ4v) is 2.52. The molecule has 1 aromatic carbocycles. The minimum Gasteiger partial charge on any atom is -0.321 e. The highest BCUT2D eigenvalue weighted by Crippen LogP contribution is 2.38. The van der Waals surface area contributed by atoms with Crippen LogP contribution >= 0.6 is 15.9 Å². The monoisotopic (exact) mass is 291 g/mol. The van der Waals surface area contributed by atoms with Crippen molar-refractivity contribution >= 4 is 15.9 Å². The molecule has 0 aliphatic heterocycles. The minimum absolute atomic E-state index is 0.0801. The van der Waals surface area contributed by atoms with Gasteiger partial charge in [-0.1, -0.05) is 12.1 Å². The third-order valence-electron chi connectivity index (χ3n) is 3.50. The lowest BCUT2D eigenvalue weighted by Crippen LogP contribution is -2.43. The van der Waals surface area contributed by atoms with Crippen LogP contribution in [0.25, 0.3) is 5.69 Å². The van der Waals surface area contributed by atoms with Crippen molar-refractivity contribution in [3.63, 3.8) is 0 Å². The summed E-state index contributed by atoms with van der Waals surface area (Å²) in [6.07, 6.45) is 7.16. The fraction of sp³-hybridized carbons (Fsp3) is 0.308. The Morgan fingerprint density at radius 1 is 1.24 bits per heavy atom. The van der Waals surface area contributed by atoms with Gasteiger partial charge in [-0.05, 0) is 52.9 Å². The zero-order valence-electron chi connectivity index (χ0n) is 9.44. The number of aromatic nitrogens is 2. The lowest BCUT2D eigenvalue weighted by Gasteiger charge is -2.38. The Balaban J connectivity index is 1.90. The van der Waals surface area contributed by atoms with Gasteiger partial charge >= 0.3 is 0 Å². The fourth-order valence-electron chi connectivity index (χ4n) is 2.23. The third-order valence-corrected chi connectivity index (χ3v) is 3.91. The van der Waals surface area contributed by atoms with E-state index in [-0.39, 0.29) is 5.54 Å². The molecular formula is C13H14BrN3. The summed E-state index contributed by atoms with van der Waals surface area (Å²) in [6.45, 7) is 0. The van der Waals surface area contributed by atoms with Crippen LogP contribution in [0.2, 0.25) is 0 Å². The molecule has 0 spiro atoms. The molecule has 17 heavy (non-hydrogen) atoms. The second-order valence-electron chi connectivity index (χ2n) is 4.66. The molecule has 1 fully saturated rings. The maximum Gasteiger partial charge on any atom is 0.0646 e. The maximum atomic E-state index is 6.29. The van der Waals surface area contributed by atoms with Crippen LogP contribution in [0.3, 0.4) is 0 Å². The lowest BCUT2D eigenvalue weighted by molar-refractivity contribution is 0.253. The number of halogens is 1. The Labute approximate surface area is 109 Å². The summed E-state index contributed by atoms with van der Waals surface area (Å²) in [5, 5.41) is 4.25. The Kier molecular flexibility index (Phi) is 2.56. The summed E-state index contributed by atoms with van der Waals surface area (Å²) in [7, 11) is 0. The van der Waals surface area contributed by atoms with Crippen LogP contribution in [-0.4, -0.2) is 9.78 Å². The molecule has 4 heteroatoms. The highest BCUT2D eigenvalue weighted by atomic mass is 79.9. The van der Waals surface area contributed by atoms with Crippen LogP contribution in [-0.2, 0) is 5.54 Å². The molecule has 3 nitrogen and oxygen atoms in total. The zero-order valence-corrected chi connectivity index (χ0v) is 11.0. The van der Waals surface area contributed by atoms with E-state index in [1.807, 2.05) is 10.9 Å². The van der Waals surface area contributed by atoms with Crippen molar-refractivity contribution in [2.24, 2.45) is 5.73 Å². The quantitative estimate of drug-likeness (QED) is 0.924. The Bertz CT molecular complexity index is 526. The molecule has 1 heterocycles. The standard InChI is InChI=1S/C13H14BrN3/c14-11-8-16-17(9-11)12-4-2-10(3-5-12)13(15)6-1-7-13/h2-5,8-9H,1,6-7,15H2. The molecule has 1 aliphatic rings. The Morgan fingerprint density at radius 2 is 1.94 bits per heavy atom. The molecule has 1 aliphatic carbocycles. The number of rotatable bonds is 2. The van der Waals surface area contributed by atoms with Crippen LogP contribution in [0.4, 0.5) is 0 Å². The maximum absolute atomic E-state index is 6.29. The second-order valence-corrected chi connectivity index (χ2v) is 5.58. The second kappa shape index (κ2) is 3.96. The van der Waals surface area contributed by atoms with Crippen LogP contribution in [0, 0.1) is 0 Å². The van der Waals surface area contributed by atoms with E-state index < -0.39 is 0 Å². The largest absolute Gasteiger partial charge is 0.321 e. The number of benzene rings is 1. The van der Waals surface area contributed by atoms with E-state index in [0.717, 1.165) is 23.0 Å². The Morgan fingerprint density at radius 3 is 2.41 bits per heavy atom. The molecule has 3 rings (SSSR count). The summed E-state index contributed by atoms with van der Waals surface area (Å²) in [5.41, 5.74) is 8.50. The summed E-state index contributed by atoms with van der Waals surface area (Å²) in [5.74, 6) is 0. The van der Waals surface area contributed by atoms with Gasteiger partial charge in [0.05, 0.1) is 16.4 Å². The first kappa shape index (κ1) is 11.0. The molecule has 0 bridgehead atoms.